The Hall–Kier alpha value is -1.56. The number of ether oxygens (including phenoxy) is 4. The molecule has 1 fully saturated rings. The van der Waals surface area contributed by atoms with Crippen molar-refractivity contribution in [2.24, 2.45) is 0 Å². The number of aliphatic hydroxyl groups is 4. The highest BCUT2D eigenvalue weighted by Crippen LogP contribution is 2.22. The molecule has 0 amide bonds. The van der Waals surface area contributed by atoms with Gasteiger partial charge in [0.25, 0.3) is 0 Å². The molecule has 300 valence electrons. The van der Waals surface area contributed by atoms with Crippen molar-refractivity contribution < 1.29 is 49.0 Å². The predicted octanol–water partition coefficient (Wildman–Crippen LogP) is 8.00. The van der Waals surface area contributed by atoms with Crippen molar-refractivity contribution in [1.82, 2.24) is 0 Å². The second-order valence-electron chi connectivity index (χ2n) is 14.4. The zero-order valence-corrected chi connectivity index (χ0v) is 32.4. The lowest BCUT2D eigenvalue weighted by molar-refractivity contribution is -0.305. The first-order valence-electron chi connectivity index (χ1n) is 20.8. The number of hydrogen-bond acceptors (Lipinski definition) is 10. The van der Waals surface area contributed by atoms with Crippen LogP contribution in [0.5, 0.6) is 0 Å². The summed E-state index contributed by atoms with van der Waals surface area (Å²) in [6, 6.07) is 0. The molecule has 0 radical (unpaired) electrons. The molecule has 6 atom stereocenters. The zero-order chi connectivity index (χ0) is 37.4. The normalized spacial score (nSPS) is 21.3. The van der Waals surface area contributed by atoms with Crippen LogP contribution in [0.15, 0.2) is 12.2 Å². The third kappa shape index (κ3) is 25.2. The predicted molar refractivity (Wildman–Crippen MR) is 201 cm³/mol. The number of carbonyl (C=O) groups is 2. The summed E-state index contributed by atoms with van der Waals surface area (Å²) in [6.07, 6.45) is 25.0. The van der Waals surface area contributed by atoms with E-state index in [4.69, 9.17) is 18.9 Å². The molecular formula is C41H76O10. The Morgan fingerprint density at radius 2 is 1.04 bits per heavy atom. The molecule has 1 rings (SSSR count). The van der Waals surface area contributed by atoms with Crippen LogP contribution in [0.3, 0.4) is 0 Å². The van der Waals surface area contributed by atoms with Crippen molar-refractivity contribution in [1.29, 1.82) is 0 Å². The lowest BCUT2D eigenvalue weighted by atomic mass is 9.99. The van der Waals surface area contributed by atoms with Gasteiger partial charge >= 0.3 is 11.9 Å². The van der Waals surface area contributed by atoms with Gasteiger partial charge in [-0.2, -0.15) is 0 Å². The fourth-order valence-corrected chi connectivity index (χ4v) is 6.30. The van der Waals surface area contributed by atoms with E-state index >= 15 is 0 Å². The third-order valence-corrected chi connectivity index (χ3v) is 9.65. The van der Waals surface area contributed by atoms with Crippen molar-refractivity contribution >= 4 is 11.9 Å². The highest BCUT2D eigenvalue weighted by atomic mass is 16.7. The second kappa shape index (κ2) is 33.0. The fraction of sp³-hybridized carbons (Fsp3) is 0.902. The molecule has 10 nitrogen and oxygen atoms in total. The SMILES string of the molecule is CCCCCC/C=C/CCCCCCCC(=O)O[C@@H](COC(=O)CCCCCCCCCCCCCCC)CO[C@H]1O[C@@H](CO)[C@@H](O)C(O)C1O. The summed E-state index contributed by atoms with van der Waals surface area (Å²) in [4.78, 5) is 25.2. The smallest absolute Gasteiger partial charge is 0.306 e. The molecule has 10 heteroatoms. The van der Waals surface area contributed by atoms with Gasteiger partial charge < -0.3 is 39.4 Å². The molecule has 0 bridgehead atoms. The lowest BCUT2D eigenvalue weighted by Gasteiger charge is -2.39. The van der Waals surface area contributed by atoms with Gasteiger partial charge in [-0.1, -0.05) is 142 Å². The maximum absolute atomic E-state index is 12.7. The van der Waals surface area contributed by atoms with Crippen LogP contribution in [0.4, 0.5) is 0 Å². The molecule has 0 aromatic carbocycles. The van der Waals surface area contributed by atoms with E-state index in [9.17, 15) is 30.0 Å². The van der Waals surface area contributed by atoms with Gasteiger partial charge in [0.05, 0.1) is 13.2 Å². The van der Waals surface area contributed by atoms with E-state index in [2.05, 4.69) is 26.0 Å². The molecule has 2 unspecified atom stereocenters. The van der Waals surface area contributed by atoms with Crippen molar-refractivity contribution in [2.45, 2.75) is 218 Å². The molecular weight excluding hydrogens is 652 g/mol. The molecule has 0 aromatic rings. The lowest BCUT2D eigenvalue weighted by Crippen LogP contribution is -2.59. The van der Waals surface area contributed by atoms with Crippen molar-refractivity contribution in [2.75, 3.05) is 19.8 Å². The molecule has 1 heterocycles. The first kappa shape index (κ1) is 47.5. The quantitative estimate of drug-likeness (QED) is 0.0291. The Bertz CT molecular complexity index is 850. The van der Waals surface area contributed by atoms with E-state index < -0.39 is 49.4 Å². The average molecular weight is 729 g/mol. The summed E-state index contributed by atoms with van der Waals surface area (Å²) in [7, 11) is 0. The van der Waals surface area contributed by atoms with Crippen LogP contribution < -0.4 is 0 Å². The monoisotopic (exact) mass is 729 g/mol. The van der Waals surface area contributed by atoms with Crippen molar-refractivity contribution in [3.05, 3.63) is 12.2 Å². The van der Waals surface area contributed by atoms with E-state index in [0.717, 1.165) is 57.8 Å². The number of aliphatic hydroxyl groups excluding tert-OH is 4. The van der Waals surface area contributed by atoms with Crippen molar-refractivity contribution in [3.63, 3.8) is 0 Å². The first-order chi connectivity index (χ1) is 24.8. The number of hydrogen-bond donors (Lipinski definition) is 4. The molecule has 4 N–H and O–H groups in total. The van der Waals surface area contributed by atoms with Crippen LogP contribution in [0, 0.1) is 0 Å². The van der Waals surface area contributed by atoms with E-state index in [-0.39, 0.29) is 32.0 Å². The minimum absolute atomic E-state index is 0.216. The summed E-state index contributed by atoms with van der Waals surface area (Å²) < 4.78 is 22.1. The third-order valence-electron chi connectivity index (χ3n) is 9.65. The number of rotatable bonds is 34. The Balaban J connectivity index is 2.37. The van der Waals surface area contributed by atoms with Gasteiger partial charge in [0.1, 0.15) is 31.0 Å². The number of carbonyl (C=O) groups excluding carboxylic acids is 2. The molecule has 0 spiro atoms. The summed E-state index contributed by atoms with van der Waals surface area (Å²) in [5, 5.41) is 39.9. The van der Waals surface area contributed by atoms with Gasteiger partial charge in [-0.3, -0.25) is 9.59 Å². The highest BCUT2D eigenvalue weighted by molar-refractivity contribution is 5.70. The van der Waals surface area contributed by atoms with Crippen LogP contribution >= 0.6 is 0 Å². The molecule has 1 saturated heterocycles. The maximum atomic E-state index is 12.7. The van der Waals surface area contributed by atoms with Gasteiger partial charge in [-0.25, -0.2) is 0 Å². The van der Waals surface area contributed by atoms with Crippen LogP contribution in [-0.4, -0.2) is 89.0 Å². The summed E-state index contributed by atoms with van der Waals surface area (Å²) >= 11 is 0. The minimum Gasteiger partial charge on any atom is -0.462 e. The number of unbranched alkanes of at least 4 members (excludes halogenated alkanes) is 21. The topological polar surface area (TPSA) is 152 Å². The van der Waals surface area contributed by atoms with Crippen LogP contribution in [0.1, 0.15) is 181 Å². The van der Waals surface area contributed by atoms with E-state index in [1.807, 2.05) is 0 Å². The highest BCUT2D eigenvalue weighted by Gasteiger charge is 2.44. The summed E-state index contributed by atoms with van der Waals surface area (Å²) in [5.41, 5.74) is 0. The van der Waals surface area contributed by atoms with Gasteiger partial charge in [0, 0.05) is 12.8 Å². The second-order valence-corrected chi connectivity index (χ2v) is 14.4. The maximum Gasteiger partial charge on any atom is 0.306 e. The Labute approximate surface area is 310 Å². The number of allylic oxidation sites excluding steroid dienone is 2. The van der Waals surface area contributed by atoms with E-state index in [0.29, 0.717) is 6.42 Å². The minimum atomic E-state index is -1.59. The molecule has 0 aliphatic carbocycles. The Morgan fingerprint density at radius 3 is 1.55 bits per heavy atom. The largest absolute Gasteiger partial charge is 0.462 e. The molecule has 1 aliphatic rings. The molecule has 51 heavy (non-hydrogen) atoms. The van der Waals surface area contributed by atoms with Crippen LogP contribution in [0.25, 0.3) is 0 Å². The van der Waals surface area contributed by atoms with Crippen LogP contribution in [0.2, 0.25) is 0 Å². The first-order valence-corrected chi connectivity index (χ1v) is 20.8. The van der Waals surface area contributed by atoms with E-state index in [1.165, 1.54) is 89.9 Å². The molecule has 0 aromatic heterocycles. The average Bonchev–Trinajstić information content (AvgIpc) is 3.13. The zero-order valence-electron chi connectivity index (χ0n) is 32.4. The van der Waals surface area contributed by atoms with Gasteiger partial charge in [0.15, 0.2) is 12.4 Å². The molecule has 0 saturated carbocycles. The van der Waals surface area contributed by atoms with Crippen LogP contribution in [-0.2, 0) is 28.5 Å². The number of esters is 2. The summed E-state index contributed by atoms with van der Waals surface area (Å²) in [5.74, 6) is -0.811. The van der Waals surface area contributed by atoms with Gasteiger partial charge in [0.2, 0.25) is 0 Å². The Morgan fingerprint density at radius 1 is 0.588 bits per heavy atom. The molecule has 1 aliphatic heterocycles. The fourth-order valence-electron chi connectivity index (χ4n) is 6.30. The Kier molecular flexibility index (Phi) is 30.7. The standard InChI is InChI=1S/C41H76O10/c1-3-5-7-9-11-13-15-17-19-21-23-25-27-29-36(43)48-32-34(33-49-41-40(47)39(46)38(45)35(31-42)51-41)50-37(44)30-28-26-24-22-20-18-16-14-12-10-8-6-4-2/h14,16,34-35,38-42,45-47H,3-13,15,17-33H2,1-2H3/b16-14+/t34-,35-,38+,39?,40?,41-/m0/s1. The summed E-state index contributed by atoms with van der Waals surface area (Å²) in [6.45, 7) is 3.39. The van der Waals surface area contributed by atoms with Gasteiger partial charge in [-0.15, -0.1) is 0 Å². The van der Waals surface area contributed by atoms with Crippen molar-refractivity contribution in [3.8, 4) is 0 Å². The van der Waals surface area contributed by atoms with E-state index in [1.54, 1.807) is 0 Å². The van der Waals surface area contributed by atoms with Gasteiger partial charge in [-0.05, 0) is 38.5 Å².